The van der Waals surface area contributed by atoms with Gasteiger partial charge in [0.25, 0.3) is 0 Å². The summed E-state index contributed by atoms with van der Waals surface area (Å²) in [7, 11) is 0. The second-order valence-electron chi connectivity index (χ2n) is 5.29. The summed E-state index contributed by atoms with van der Waals surface area (Å²) in [5.41, 5.74) is 0. The molecule has 112 valence electrons. The predicted octanol–water partition coefficient (Wildman–Crippen LogP) is 1.88. The first-order valence-electron chi connectivity index (χ1n) is 7.59. The third-order valence-electron chi connectivity index (χ3n) is 3.82. The number of hydrogen-bond acceptors (Lipinski definition) is 5. The van der Waals surface area contributed by atoms with Gasteiger partial charge in [0.1, 0.15) is 0 Å². The zero-order valence-corrected chi connectivity index (χ0v) is 13.8. The SMILES string of the molecule is CCCOCCN1CCN(C2CSCCSC2)CC1. The van der Waals surface area contributed by atoms with Crippen molar-refractivity contribution in [1.29, 1.82) is 0 Å². The number of rotatable bonds is 6. The Bertz CT molecular complexity index is 227. The van der Waals surface area contributed by atoms with Gasteiger partial charge in [-0.25, -0.2) is 0 Å². The molecule has 5 heteroatoms. The van der Waals surface area contributed by atoms with Gasteiger partial charge in [-0.15, -0.1) is 0 Å². The molecule has 0 spiro atoms. The van der Waals surface area contributed by atoms with Crippen molar-refractivity contribution in [3.05, 3.63) is 0 Å². The fraction of sp³-hybridized carbons (Fsp3) is 1.00. The topological polar surface area (TPSA) is 15.7 Å². The molecule has 0 radical (unpaired) electrons. The zero-order chi connectivity index (χ0) is 13.3. The summed E-state index contributed by atoms with van der Waals surface area (Å²) in [6.07, 6.45) is 1.13. The third-order valence-corrected chi connectivity index (χ3v) is 6.30. The van der Waals surface area contributed by atoms with Gasteiger partial charge in [-0.1, -0.05) is 6.92 Å². The van der Waals surface area contributed by atoms with Crippen LogP contribution in [0.4, 0.5) is 0 Å². The van der Waals surface area contributed by atoms with Gasteiger partial charge in [0.05, 0.1) is 6.61 Å². The van der Waals surface area contributed by atoms with E-state index in [0.717, 1.165) is 32.2 Å². The number of nitrogens with zero attached hydrogens (tertiary/aromatic N) is 2. The first kappa shape index (κ1) is 16.0. The Labute approximate surface area is 126 Å². The van der Waals surface area contributed by atoms with Crippen LogP contribution in [0.1, 0.15) is 13.3 Å². The molecule has 0 aromatic carbocycles. The quantitative estimate of drug-likeness (QED) is 0.694. The monoisotopic (exact) mass is 304 g/mol. The average molecular weight is 305 g/mol. The lowest BCUT2D eigenvalue weighted by atomic mass is 10.2. The molecular weight excluding hydrogens is 276 g/mol. The Hall–Kier alpha value is 0.580. The van der Waals surface area contributed by atoms with E-state index in [1.165, 1.54) is 49.2 Å². The molecule has 0 aliphatic carbocycles. The minimum Gasteiger partial charge on any atom is -0.380 e. The van der Waals surface area contributed by atoms with Gasteiger partial charge >= 0.3 is 0 Å². The smallest absolute Gasteiger partial charge is 0.0593 e. The highest BCUT2D eigenvalue weighted by Gasteiger charge is 2.24. The van der Waals surface area contributed by atoms with Crippen molar-refractivity contribution in [2.45, 2.75) is 19.4 Å². The molecule has 0 aromatic rings. The Morgan fingerprint density at radius 3 is 2.32 bits per heavy atom. The summed E-state index contributed by atoms with van der Waals surface area (Å²) in [4.78, 5) is 5.28. The Kier molecular flexibility index (Phi) is 7.98. The van der Waals surface area contributed by atoms with E-state index in [-0.39, 0.29) is 0 Å². The van der Waals surface area contributed by atoms with Gasteiger partial charge in [-0.05, 0) is 6.42 Å². The van der Waals surface area contributed by atoms with Crippen molar-refractivity contribution < 1.29 is 4.74 Å². The molecule has 0 amide bonds. The summed E-state index contributed by atoms with van der Waals surface area (Å²) in [5, 5.41) is 0. The first-order chi connectivity index (χ1) is 9.40. The van der Waals surface area contributed by atoms with E-state index in [4.69, 9.17) is 4.74 Å². The van der Waals surface area contributed by atoms with Crippen LogP contribution in [-0.2, 0) is 4.74 Å². The van der Waals surface area contributed by atoms with Crippen molar-refractivity contribution in [2.75, 3.05) is 68.9 Å². The van der Waals surface area contributed by atoms with E-state index in [1.54, 1.807) is 0 Å². The molecule has 0 unspecified atom stereocenters. The number of hydrogen-bond donors (Lipinski definition) is 0. The summed E-state index contributed by atoms with van der Waals surface area (Å²) in [6, 6.07) is 0.816. The lowest BCUT2D eigenvalue weighted by molar-refractivity contribution is 0.0680. The van der Waals surface area contributed by atoms with Crippen LogP contribution in [0.15, 0.2) is 0 Å². The molecule has 0 bridgehead atoms. The molecule has 2 saturated heterocycles. The number of piperazine rings is 1. The molecule has 2 aliphatic heterocycles. The average Bonchev–Trinajstić information content (AvgIpc) is 2.73. The fourth-order valence-corrected chi connectivity index (χ4v) is 5.23. The van der Waals surface area contributed by atoms with E-state index < -0.39 is 0 Å². The number of thioether (sulfide) groups is 2. The molecular formula is C14H28N2OS2. The normalized spacial score (nSPS) is 24.5. The third kappa shape index (κ3) is 5.84. The lowest BCUT2D eigenvalue weighted by Gasteiger charge is -2.38. The minimum atomic E-state index is 0.816. The summed E-state index contributed by atoms with van der Waals surface area (Å²) >= 11 is 4.28. The summed E-state index contributed by atoms with van der Waals surface area (Å²) in [6.45, 7) is 10.0. The van der Waals surface area contributed by atoms with Crippen molar-refractivity contribution >= 4 is 23.5 Å². The maximum atomic E-state index is 5.58. The van der Waals surface area contributed by atoms with Gasteiger partial charge in [0, 0.05) is 68.4 Å². The Morgan fingerprint density at radius 2 is 1.68 bits per heavy atom. The van der Waals surface area contributed by atoms with E-state index in [1.807, 2.05) is 0 Å². The van der Waals surface area contributed by atoms with Crippen LogP contribution in [0.2, 0.25) is 0 Å². The van der Waals surface area contributed by atoms with Crippen LogP contribution in [0, 0.1) is 0 Å². The van der Waals surface area contributed by atoms with Crippen LogP contribution in [-0.4, -0.2) is 84.8 Å². The lowest BCUT2D eigenvalue weighted by Crippen LogP contribution is -2.52. The molecule has 2 rings (SSSR count). The van der Waals surface area contributed by atoms with Gasteiger partial charge < -0.3 is 4.74 Å². The predicted molar refractivity (Wildman–Crippen MR) is 87.6 cm³/mol. The van der Waals surface area contributed by atoms with E-state index in [0.29, 0.717) is 0 Å². The Balaban J connectivity index is 1.61. The van der Waals surface area contributed by atoms with Crippen LogP contribution < -0.4 is 0 Å². The molecule has 2 aliphatic rings. The fourth-order valence-electron chi connectivity index (χ4n) is 2.61. The van der Waals surface area contributed by atoms with Crippen LogP contribution in [0.25, 0.3) is 0 Å². The van der Waals surface area contributed by atoms with Gasteiger partial charge in [0.2, 0.25) is 0 Å². The minimum absolute atomic E-state index is 0.816. The Morgan fingerprint density at radius 1 is 1.00 bits per heavy atom. The zero-order valence-electron chi connectivity index (χ0n) is 12.2. The molecule has 3 nitrogen and oxygen atoms in total. The highest BCUT2D eigenvalue weighted by Crippen LogP contribution is 2.21. The molecule has 0 atom stereocenters. The largest absolute Gasteiger partial charge is 0.380 e. The standard InChI is InChI=1S/C14H28N2OS2/c1-2-8-17-9-7-15-3-5-16(6-4-15)14-12-18-10-11-19-13-14/h14H,2-13H2,1H3. The molecule has 19 heavy (non-hydrogen) atoms. The second kappa shape index (κ2) is 9.50. The maximum absolute atomic E-state index is 5.58. The summed E-state index contributed by atoms with van der Waals surface area (Å²) < 4.78 is 5.58. The van der Waals surface area contributed by atoms with Crippen molar-refractivity contribution in [2.24, 2.45) is 0 Å². The number of ether oxygens (including phenoxy) is 1. The highest BCUT2D eigenvalue weighted by molar-refractivity contribution is 8.03. The van der Waals surface area contributed by atoms with Crippen molar-refractivity contribution in [3.8, 4) is 0 Å². The summed E-state index contributed by atoms with van der Waals surface area (Å²) in [5.74, 6) is 5.37. The molecule has 0 saturated carbocycles. The van der Waals surface area contributed by atoms with Crippen LogP contribution >= 0.6 is 23.5 Å². The molecule has 0 aromatic heterocycles. The van der Waals surface area contributed by atoms with E-state index in [2.05, 4.69) is 40.2 Å². The molecule has 2 fully saturated rings. The van der Waals surface area contributed by atoms with Crippen LogP contribution in [0.3, 0.4) is 0 Å². The van der Waals surface area contributed by atoms with Gasteiger partial charge in [-0.2, -0.15) is 23.5 Å². The molecule has 2 heterocycles. The van der Waals surface area contributed by atoms with Crippen molar-refractivity contribution in [1.82, 2.24) is 9.80 Å². The second-order valence-corrected chi connectivity index (χ2v) is 7.59. The van der Waals surface area contributed by atoms with Crippen molar-refractivity contribution in [3.63, 3.8) is 0 Å². The van der Waals surface area contributed by atoms with Gasteiger partial charge in [0.15, 0.2) is 0 Å². The first-order valence-corrected chi connectivity index (χ1v) is 9.90. The van der Waals surface area contributed by atoms with Crippen LogP contribution in [0.5, 0.6) is 0 Å². The highest BCUT2D eigenvalue weighted by atomic mass is 32.2. The molecule has 0 N–H and O–H groups in total. The maximum Gasteiger partial charge on any atom is 0.0593 e. The van der Waals surface area contributed by atoms with E-state index in [9.17, 15) is 0 Å². The van der Waals surface area contributed by atoms with Gasteiger partial charge in [-0.3, -0.25) is 9.80 Å². The van der Waals surface area contributed by atoms with E-state index >= 15 is 0 Å².